The van der Waals surface area contributed by atoms with Crippen LogP contribution >= 0.6 is 0 Å². The van der Waals surface area contributed by atoms with E-state index in [1.165, 1.54) is 12.8 Å². The molecule has 1 unspecified atom stereocenters. The number of hydrogen-bond donors (Lipinski definition) is 1. The van der Waals surface area contributed by atoms with Gasteiger partial charge in [0.1, 0.15) is 5.69 Å². The molecule has 29 heavy (non-hydrogen) atoms. The molecule has 4 rings (SSSR count). The molecule has 154 valence electrons. The van der Waals surface area contributed by atoms with E-state index in [1.54, 1.807) is 17.3 Å². The summed E-state index contributed by atoms with van der Waals surface area (Å²) in [5.74, 6) is 1.51. The molecule has 1 atom stereocenters. The molecule has 1 aliphatic heterocycles. The molecule has 7 heteroatoms. The highest BCUT2D eigenvalue weighted by molar-refractivity contribution is 6.00. The second kappa shape index (κ2) is 7.61. The summed E-state index contributed by atoms with van der Waals surface area (Å²) in [5.41, 5.74) is 1.24. The third-order valence-corrected chi connectivity index (χ3v) is 6.08. The summed E-state index contributed by atoms with van der Waals surface area (Å²) in [6.45, 7) is 6.76. The highest BCUT2D eigenvalue weighted by atomic mass is 16.2. The average Bonchev–Trinajstić information content (AvgIpc) is 3.24. The van der Waals surface area contributed by atoms with Crippen LogP contribution in [0.5, 0.6) is 0 Å². The quantitative estimate of drug-likeness (QED) is 0.850. The number of pyridine rings is 1. The second-order valence-electron chi connectivity index (χ2n) is 8.84. The minimum atomic E-state index is -0.479. The van der Waals surface area contributed by atoms with Crippen LogP contribution in [0.1, 0.15) is 58.2 Å². The highest BCUT2D eigenvalue weighted by Crippen LogP contribution is 2.40. The van der Waals surface area contributed by atoms with Crippen LogP contribution in [0.4, 0.5) is 17.5 Å². The average molecular weight is 395 g/mol. The SMILES string of the molecule is CC(Nc1ncc2c(n1)N(C1CCCC1)CC(C)(C)C(=O)N2C)c1ccccn1. The van der Waals surface area contributed by atoms with Crippen molar-refractivity contribution in [2.75, 3.05) is 28.7 Å². The zero-order valence-corrected chi connectivity index (χ0v) is 17.7. The Bertz CT molecular complexity index is 878. The van der Waals surface area contributed by atoms with Crippen LogP contribution in [0.3, 0.4) is 0 Å². The first kappa shape index (κ1) is 19.6. The van der Waals surface area contributed by atoms with Crippen molar-refractivity contribution < 1.29 is 4.79 Å². The van der Waals surface area contributed by atoms with E-state index in [0.717, 1.165) is 30.0 Å². The molecule has 0 bridgehead atoms. The van der Waals surface area contributed by atoms with E-state index < -0.39 is 5.41 Å². The standard InChI is InChI=1S/C22H30N6O/c1-15(17-11-7-8-12-23-17)25-21-24-13-18-19(26-21)28(16-9-5-6-10-16)14-22(2,3)20(29)27(18)4/h7-8,11-13,15-16H,5-6,9-10,14H2,1-4H3,(H,24,25,26). The maximum Gasteiger partial charge on any atom is 0.234 e. The zero-order valence-electron chi connectivity index (χ0n) is 17.7. The summed E-state index contributed by atoms with van der Waals surface area (Å²) in [5, 5.41) is 3.37. The second-order valence-corrected chi connectivity index (χ2v) is 8.84. The van der Waals surface area contributed by atoms with E-state index in [9.17, 15) is 4.79 Å². The third-order valence-electron chi connectivity index (χ3n) is 6.08. The fraction of sp³-hybridized carbons (Fsp3) is 0.545. The zero-order chi connectivity index (χ0) is 20.6. The smallest absolute Gasteiger partial charge is 0.234 e. The van der Waals surface area contributed by atoms with E-state index in [-0.39, 0.29) is 11.9 Å². The van der Waals surface area contributed by atoms with Crippen LogP contribution in [0.25, 0.3) is 0 Å². The van der Waals surface area contributed by atoms with E-state index in [1.807, 2.05) is 46.0 Å². The van der Waals surface area contributed by atoms with Crippen molar-refractivity contribution in [3.8, 4) is 0 Å². The Balaban J connectivity index is 1.70. The van der Waals surface area contributed by atoms with Crippen molar-refractivity contribution in [3.63, 3.8) is 0 Å². The summed E-state index contributed by atoms with van der Waals surface area (Å²) in [6.07, 6.45) is 8.31. The van der Waals surface area contributed by atoms with Gasteiger partial charge in [0, 0.05) is 25.8 Å². The molecule has 7 nitrogen and oxygen atoms in total. The molecule has 0 aromatic carbocycles. The van der Waals surface area contributed by atoms with Crippen LogP contribution in [0.15, 0.2) is 30.6 Å². The van der Waals surface area contributed by atoms with Gasteiger partial charge in [-0.25, -0.2) is 4.98 Å². The maximum absolute atomic E-state index is 13.1. The van der Waals surface area contributed by atoms with Crippen molar-refractivity contribution in [3.05, 3.63) is 36.3 Å². The maximum atomic E-state index is 13.1. The molecule has 1 saturated carbocycles. The highest BCUT2D eigenvalue weighted by Gasteiger charge is 2.41. The number of amides is 1. The summed E-state index contributed by atoms with van der Waals surface area (Å²) in [7, 11) is 1.83. The van der Waals surface area contributed by atoms with Gasteiger partial charge in [-0.15, -0.1) is 0 Å². The summed E-state index contributed by atoms with van der Waals surface area (Å²) >= 11 is 0. The van der Waals surface area contributed by atoms with Crippen molar-refractivity contribution in [1.82, 2.24) is 15.0 Å². The molecule has 2 aromatic rings. The number of carbonyl (C=O) groups is 1. The van der Waals surface area contributed by atoms with Gasteiger partial charge in [-0.3, -0.25) is 9.78 Å². The molecule has 2 aliphatic rings. The van der Waals surface area contributed by atoms with Gasteiger partial charge in [0.2, 0.25) is 11.9 Å². The summed E-state index contributed by atoms with van der Waals surface area (Å²) < 4.78 is 0. The molecule has 1 fully saturated rings. The van der Waals surface area contributed by atoms with Gasteiger partial charge in [-0.1, -0.05) is 18.9 Å². The Kier molecular flexibility index (Phi) is 5.15. The van der Waals surface area contributed by atoms with Crippen molar-refractivity contribution in [2.45, 2.75) is 58.5 Å². The van der Waals surface area contributed by atoms with Gasteiger partial charge >= 0.3 is 0 Å². The van der Waals surface area contributed by atoms with E-state index in [2.05, 4.69) is 20.2 Å². The van der Waals surface area contributed by atoms with Crippen molar-refractivity contribution in [2.24, 2.45) is 5.41 Å². The number of fused-ring (bicyclic) bond motifs is 1. The fourth-order valence-corrected chi connectivity index (χ4v) is 4.43. The normalized spacial score (nSPS) is 20.3. The lowest BCUT2D eigenvalue weighted by Crippen LogP contribution is -2.45. The van der Waals surface area contributed by atoms with Gasteiger partial charge in [0.15, 0.2) is 5.82 Å². The number of nitrogens with zero attached hydrogens (tertiary/aromatic N) is 5. The first-order valence-electron chi connectivity index (χ1n) is 10.5. The molecule has 3 heterocycles. The lowest BCUT2D eigenvalue weighted by Gasteiger charge is -2.34. The number of rotatable bonds is 4. The Morgan fingerprint density at radius 1 is 1.21 bits per heavy atom. The van der Waals surface area contributed by atoms with E-state index in [0.29, 0.717) is 18.5 Å². The molecule has 0 saturated heterocycles. The number of carbonyl (C=O) groups excluding carboxylic acids is 1. The largest absolute Gasteiger partial charge is 0.351 e. The minimum Gasteiger partial charge on any atom is -0.351 e. The molecular formula is C22H30N6O. The van der Waals surface area contributed by atoms with Gasteiger partial charge < -0.3 is 15.1 Å². The van der Waals surface area contributed by atoms with Crippen molar-refractivity contribution in [1.29, 1.82) is 0 Å². The monoisotopic (exact) mass is 394 g/mol. The van der Waals surface area contributed by atoms with E-state index in [4.69, 9.17) is 4.98 Å². The van der Waals surface area contributed by atoms with Crippen LogP contribution in [0, 0.1) is 5.41 Å². The minimum absolute atomic E-state index is 0.0178. The van der Waals surface area contributed by atoms with E-state index >= 15 is 0 Å². The molecule has 1 amide bonds. The third kappa shape index (κ3) is 3.78. The summed E-state index contributed by atoms with van der Waals surface area (Å²) in [6, 6.07) is 6.27. The lowest BCUT2D eigenvalue weighted by atomic mass is 9.91. The molecule has 2 aromatic heterocycles. The number of hydrogen-bond acceptors (Lipinski definition) is 6. The van der Waals surface area contributed by atoms with Crippen LogP contribution in [-0.2, 0) is 4.79 Å². The Morgan fingerprint density at radius 3 is 2.66 bits per heavy atom. The van der Waals surface area contributed by atoms with Gasteiger partial charge in [-0.2, -0.15) is 4.98 Å². The Labute approximate surface area is 172 Å². The number of nitrogens with one attached hydrogen (secondary N) is 1. The topological polar surface area (TPSA) is 74.2 Å². The molecule has 0 spiro atoms. The Hall–Kier alpha value is -2.70. The Morgan fingerprint density at radius 2 is 1.97 bits per heavy atom. The number of aromatic nitrogens is 3. The van der Waals surface area contributed by atoms with Crippen LogP contribution in [-0.4, -0.2) is 40.5 Å². The first-order chi connectivity index (χ1) is 13.9. The predicted octanol–water partition coefficient (Wildman–Crippen LogP) is 3.80. The number of anilines is 3. The predicted molar refractivity (Wildman–Crippen MR) is 115 cm³/mol. The van der Waals surface area contributed by atoms with Gasteiger partial charge in [0.05, 0.1) is 23.3 Å². The molecule has 1 N–H and O–H groups in total. The summed E-state index contributed by atoms with van der Waals surface area (Å²) in [4.78, 5) is 31.0. The first-order valence-corrected chi connectivity index (χ1v) is 10.5. The van der Waals surface area contributed by atoms with Crippen molar-refractivity contribution >= 4 is 23.4 Å². The fourth-order valence-electron chi connectivity index (χ4n) is 4.43. The molecule has 1 aliphatic carbocycles. The van der Waals surface area contributed by atoms with Gasteiger partial charge in [0.25, 0.3) is 0 Å². The van der Waals surface area contributed by atoms with Crippen LogP contribution in [0.2, 0.25) is 0 Å². The molecule has 0 radical (unpaired) electrons. The van der Waals surface area contributed by atoms with Gasteiger partial charge in [-0.05, 0) is 45.7 Å². The lowest BCUT2D eigenvalue weighted by molar-refractivity contribution is -0.125. The molecular weight excluding hydrogens is 364 g/mol. The van der Waals surface area contributed by atoms with Crippen LogP contribution < -0.4 is 15.1 Å².